The summed E-state index contributed by atoms with van der Waals surface area (Å²) in [5.41, 5.74) is 0.271. The van der Waals surface area contributed by atoms with Gasteiger partial charge in [-0.1, -0.05) is 18.2 Å². The van der Waals surface area contributed by atoms with E-state index in [1.807, 2.05) is 0 Å². The van der Waals surface area contributed by atoms with Crippen LogP contribution in [0.3, 0.4) is 0 Å². The van der Waals surface area contributed by atoms with Crippen molar-refractivity contribution in [2.45, 2.75) is 17.9 Å². The van der Waals surface area contributed by atoms with Crippen LogP contribution in [0.4, 0.5) is 10.1 Å². The van der Waals surface area contributed by atoms with Crippen LogP contribution in [-0.4, -0.2) is 13.3 Å². The largest absolute Gasteiger partial charge is 0.270 e. The first-order valence-corrected chi connectivity index (χ1v) is 7.80. The summed E-state index contributed by atoms with van der Waals surface area (Å²) < 4.78 is 39.8. The Balaban J connectivity index is 2.25. The maximum absolute atomic E-state index is 12.9. The van der Waals surface area contributed by atoms with E-state index < -0.39 is 26.8 Å². The average molecular weight is 324 g/mol. The summed E-state index contributed by atoms with van der Waals surface area (Å²) in [5.74, 6) is -0.419. The molecule has 0 aliphatic carbocycles. The summed E-state index contributed by atoms with van der Waals surface area (Å²) in [7, 11) is -3.92. The standard InChI is InChI=1S/C14H13FN2O4S/c1-10(11-5-7-12(15)8-6-11)16-22(20,21)14-4-2-3-13(9-14)17(18)19/h2-10,16H,1H3/t10-/m0/s1. The molecule has 0 amide bonds. The number of rotatable bonds is 5. The molecule has 2 rings (SSSR count). The van der Waals surface area contributed by atoms with Crippen LogP contribution in [0, 0.1) is 15.9 Å². The van der Waals surface area contributed by atoms with Gasteiger partial charge >= 0.3 is 0 Å². The average Bonchev–Trinajstić information content (AvgIpc) is 2.47. The molecule has 0 saturated heterocycles. The third kappa shape index (κ3) is 3.66. The van der Waals surface area contributed by atoms with E-state index in [9.17, 15) is 22.9 Å². The Hall–Kier alpha value is -2.32. The lowest BCUT2D eigenvalue weighted by molar-refractivity contribution is -0.385. The third-order valence-electron chi connectivity index (χ3n) is 3.04. The molecule has 0 heterocycles. The lowest BCUT2D eigenvalue weighted by Gasteiger charge is -2.14. The Morgan fingerprint density at radius 3 is 2.41 bits per heavy atom. The molecule has 0 spiro atoms. The summed E-state index contributed by atoms with van der Waals surface area (Å²) in [4.78, 5) is 9.85. The zero-order valence-electron chi connectivity index (χ0n) is 11.6. The van der Waals surface area contributed by atoms with Gasteiger partial charge in [0, 0.05) is 18.2 Å². The van der Waals surface area contributed by atoms with E-state index >= 15 is 0 Å². The molecule has 6 nitrogen and oxygen atoms in total. The van der Waals surface area contributed by atoms with Gasteiger partial charge in [-0.3, -0.25) is 10.1 Å². The van der Waals surface area contributed by atoms with Crippen LogP contribution >= 0.6 is 0 Å². The Bertz CT molecular complexity index is 791. The number of non-ortho nitro benzene ring substituents is 1. The molecule has 2 aromatic carbocycles. The van der Waals surface area contributed by atoms with Crippen molar-refractivity contribution in [1.29, 1.82) is 0 Å². The number of sulfonamides is 1. The fraction of sp³-hybridized carbons (Fsp3) is 0.143. The maximum atomic E-state index is 12.9. The van der Waals surface area contributed by atoms with E-state index in [2.05, 4.69) is 4.72 Å². The van der Waals surface area contributed by atoms with Crippen molar-refractivity contribution >= 4 is 15.7 Å². The zero-order valence-corrected chi connectivity index (χ0v) is 12.4. The van der Waals surface area contributed by atoms with Crippen LogP contribution in [0.2, 0.25) is 0 Å². The van der Waals surface area contributed by atoms with Crippen molar-refractivity contribution in [2.75, 3.05) is 0 Å². The molecule has 0 fully saturated rings. The van der Waals surface area contributed by atoms with Gasteiger partial charge in [-0.2, -0.15) is 0 Å². The number of benzene rings is 2. The Kier molecular flexibility index (Phi) is 4.53. The minimum atomic E-state index is -3.92. The van der Waals surface area contributed by atoms with Gasteiger partial charge in [-0.05, 0) is 30.7 Å². The molecule has 8 heteroatoms. The van der Waals surface area contributed by atoms with Crippen molar-refractivity contribution in [3.63, 3.8) is 0 Å². The molecule has 116 valence electrons. The van der Waals surface area contributed by atoms with Crippen LogP contribution in [0.1, 0.15) is 18.5 Å². The molecule has 22 heavy (non-hydrogen) atoms. The quantitative estimate of drug-likeness (QED) is 0.676. The fourth-order valence-corrected chi connectivity index (χ4v) is 3.16. The Morgan fingerprint density at radius 2 is 1.82 bits per heavy atom. The Morgan fingerprint density at radius 1 is 1.18 bits per heavy atom. The number of halogens is 1. The second-order valence-corrected chi connectivity index (χ2v) is 6.36. The van der Waals surface area contributed by atoms with Crippen molar-refractivity contribution < 1.29 is 17.7 Å². The van der Waals surface area contributed by atoms with Gasteiger partial charge < -0.3 is 0 Å². The molecule has 0 saturated carbocycles. The molecular weight excluding hydrogens is 311 g/mol. The van der Waals surface area contributed by atoms with Crippen LogP contribution in [0.15, 0.2) is 53.4 Å². The number of nitrogens with zero attached hydrogens (tertiary/aromatic N) is 1. The van der Waals surface area contributed by atoms with Gasteiger partial charge in [0.1, 0.15) is 5.82 Å². The molecule has 2 aromatic rings. The van der Waals surface area contributed by atoms with Gasteiger partial charge in [-0.25, -0.2) is 17.5 Å². The highest BCUT2D eigenvalue weighted by Gasteiger charge is 2.20. The third-order valence-corrected chi connectivity index (χ3v) is 4.58. The van der Waals surface area contributed by atoms with E-state index in [1.165, 1.54) is 42.5 Å². The second-order valence-electron chi connectivity index (χ2n) is 4.65. The SMILES string of the molecule is C[C@H](NS(=O)(=O)c1cccc([N+](=O)[O-])c1)c1ccc(F)cc1. The first kappa shape index (κ1) is 16.1. The molecule has 0 bridgehead atoms. The molecule has 0 aliphatic rings. The highest BCUT2D eigenvalue weighted by atomic mass is 32.2. The molecule has 0 aliphatic heterocycles. The molecule has 1 N–H and O–H groups in total. The maximum Gasteiger partial charge on any atom is 0.270 e. The summed E-state index contributed by atoms with van der Waals surface area (Å²) in [5, 5.41) is 10.7. The van der Waals surface area contributed by atoms with E-state index in [4.69, 9.17) is 0 Å². The van der Waals surface area contributed by atoms with E-state index in [0.717, 1.165) is 6.07 Å². The van der Waals surface area contributed by atoms with E-state index in [-0.39, 0.29) is 10.6 Å². The van der Waals surface area contributed by atoms with Crippen molar-refractivity contribution in [3.8, 4) is 0 Å². The number of hydrogen-bond acceptors (Lipinski definition) is 4. The van der Waals surface area contributed by atoms with Crippen molar-refractivity contribution in [2.24, 2.45) is 0 Å². The minimum absolute atomic E-state index is 0.198. The Labute approximate surface area is 126 Å². The highest BCUT2D eigenvalue weighted by molar-refractivity contribution is 7.89. The summed E-state index contributed by atoms with van der Waals surface area (Å²) in [6.07, 6.45) is 0. The van der Waals surface area contributed by atoms with Crippen molar-refractivity contribution in [3.05, 3.63) is 70.0 Å². The number of nitro groups is 1. The summed E-state index contributed by atoms with van der Waals surface area (Å²) in [6.45, 7) is 1.60. The number of nitrogens with one attached hydrogen (secondary N) is 1. The van der Waals surface area contributed by atoms with Crippen LogP contribution in [0.25, 0.3) is 0 Å². The smallest absolute Gasteiger partial charge is 0.258 e. The molecule has 0 unspecified atom stereocenters. The van der Waals surface area contributed by atoms with Crippen LogP contribution in [-0.2, 0) is 10.0 Å². The molecular formula is C14H13FN2O4S. The monoisotopic (exact) mass is 324 g/mol. The molecule has 0 radical (unpaired) electrons. The lowest BCUT2D eigenvalue weighted by atomic mass is 10.1. The van der Waals surface area contributed by atoms with Crippen LogP contribution < -0.4 is 4.72 Å². The van der Waals surface area contributed by atoms with Gasteiger partial charge in [0.2, 0.25) is 10.0 Å². The topological polar surface area (TPSA) is 89.3 Å². The van der Waals surface area contributed by atoms with E-state index in [0.29, 0.717) is 5.56 Å². The number of hydrogen-bond donors (Lipinski definition) is 1. The molecule has 0 aromatic heterocycles. The predicted octanol–water partition coefficient (Wildman–Crippen LogP) is 2.77. The van der Waals surface area contributed by atoms with Gasteiger partial charge in [-0.15, -0.1) is 0 Å². The molecule has 1 atom stereocenters. The number of nitro benzene ring substituents is 1. The van der Waals surface area contributed by atoms with E-state index in [1.54, 1.807) is 6.92 Å². The predicted molar refractivity (Wildman–Crippen MR) is 78.2 cm³/mol. The fourth-order valence-electron chi connectivity index (χ4n) is 1.88. The van der Waals surface area contributed by atoms with Gasteiger partial charge in [0.15, 0.2) is 0 Å². The van der Waals surface area contributed by atoms with Gasteiger partial charge in [0.25, 0.3) is 5.69 Å². The second kappa shape index (κ2) is 6.20. The summed E-state index contributed by atoms with van der Waals surface area (Å²) >= 11 is 0. The first-order chi connectivity index (χ1) is 10.3. The normalized spacial score (nSPS) is 12.8. The first-order valence-electron chi connectivity index (χ1n) is 6.32. The zero-order chi connectivity index (χ0) is 16.3. The van der Waals surface area contributed by atoms with Gasteiger partial charge in [0.05, 0.1) is 9.82 Å². The highest BCUT2D eigenvalue weighted by Crippen LogP contribution is 2.20. The summed E-state index contributed by atoms with van der Waals surface area (Å²) in [6, 6.07) is 9.56. The minimum Gasteiger partial charge on any atom is -0.258 e. The van der Waals surface area contributed by atoms with Crippen molar-refractivity contribution in [1.82, 2.24) is 4.72 Å². The van der Waals surface area contributed by atoms with Crippen LogP contribution in [0.5, 0.6) is 0 Å². The lowest BCUT2D eigenvalue weighted by Crippen LogP contribution is -2.26.